The molecule has 6 heteroatoms. The highest BCUT2D eigenvalue weighted by Crippen LogP contribution is 2.24. The SMILES string of the molecule is CNCC1CCCN(S(=O)(=O)c2cc(C)cc(F)c2)C1. The zero-order chi connectivity index (χ0) is 14.8. The van der Waals surface area contributed by atoms with Crippen molar-refractivity contribution in [3.8, 4) is 0 Å². The molecule has 0 aliphatic carbocycles. The minimum Gasteiger partial charge on any atom is -0.319 e. The van der Waals surface area contributed by atoms with E-state index >= 15 is 0 Å². The van der Waals surface area contributed by atoms with Gasteiger partial charge in [-0.05, 0) is 63.0 Å². The molecule has 1 N–H and O–H groups in total. The number of piperidine rings is 1. The van der Waals surface area contributed by atoms with E-state index in [9.17, 15) is 12.8 Å². The Morgan fingerprint density at radius 1 is 1.40 bits per heavy atom. The molecule has 1 unspecified atom stereocenters. The molecular weight excluding hydrogens is 279 g/mol. The Morgan fingerprint density at radius 2 is 2.15 bits per heavy atom. The predicted molar refractivity (Wildman–Crippen MR) is 76.5 cm³/mol. The summed E-state index contributed by atoms with van der Waals surface area (Å²) in [6.45, 7) is 3.51. The maximum atomic E-state index is 13.4. The van der Waals surface area contributed by atoms with Gasteiger partial charge in [0.2, 0.25) is 10.0 Å². The number of benzene rings is 1. The van der Waals surface area contributed by atoms with E-state index in [1.165, 1.54) is 16.4 Å². The van der Waals surface area contributed by atoms with Crippen molar-refractivity contribution in [2.75, 3.05) is 26.7 Å². The molecule has 1 aliphatic rings. The van der Waals surface area contributed by atoms with Crippen LogP contribution in [0.4, 0.5) is 4.39 Å². The van der Waals surface area contributed by atoms with Crippen LogP contribution in [0.2, 0.25) is 0 Å². The molecule has 1 atom stereocenters. The van der Waals surface area contributed by atoms with Crippen molar-refractivity contribution in [3.05, 3.63) is 29.6 Å². The Morgan fingerprint density at radius 3 is 2.80 bits per heavy atom. The molecule has 20 heavy (non-hydrogen) atoms. The highest BCUT2D eigenvalue weighted by atomic mass is 32.2. The van der Waals surface area contributed by atoms with Crippen molar-refractivity contribution in [3.63, 3.8) is 0 Å². The van der Waals surface area contributed by atoms with E-state index in [1.54, 1.807) is 6.92 Å². The summed E-state index contributed by atoms with van der Waals surface area (Å²) in [4.78, 5) is 0.0557. The molecule has 112 valence electrons. The van der Waals surface area contributed by atoms with Crippen LogP contribution in [-0.4, -0.2) is 39.4 Å². The molecule has 0 bridgehead atoms. The normalized spacial score (nSPS) is 21.1. The lowest BCUT2D eigenvalue weighted by molar-refractivity contribution is 0.263. The first kappa shape index (κ1) is 15.4. The molecule has 0 spiro atoms. The average molecular weight is 300 g/mol. The number of rotatable bonds is 4. The van der Waals surface area contributed by atoms with Crippen LogP contribution in [0.5, 0.6) is 0 Å². The highest BCUT2D eigenvalue weighted by molar-refractivity contribution is 7.89. The molecule has 0 saturated carbocycles. The first-order valence-corrected chi connectivity index (χ1v) is 8.29. The molecule has 1 heterocycles. The minimum atomic E-state index is -3.59. The maximum Gasteiger partial charge on any atom is 0.243 e. The summed E-state index contributed by atoms with van der Waals surface area (Å²) in [7, 11) is -1.73. The third-order valence-corrected chi connectivity index (χ3v) is 5.47. The van der Waals surface area contributed by atoms with Gasteiger partial charge in [0.05, 0.1) is 4.90 Å². The summed E-state index contributed by atoms with van der Waals surface area (Å²) < 4.78 is 40.1. The number of sulfonamides is 1. The second-order valence-electron chi connectivity index (χ2n) is 5.39. The van der Waals surface area contributed by atoms with Crippen LogP contribution in [-0.2, 0) is 10.0 Å². The van der Waals surface area contributed by atoms with Gasteiger partial charge in [-0.2, -0.15) is 4.31 Å². The Balaban J connectivity index is 2.25. The molecule has 1 aromatic carbocycles. The van der Waals surface area contributed by atoms with Crippen molar-refractivity contribution >= 4 is 10.0 Å². The van der Waals surface area contributed by atoms with Gasteiger partial charge in [-0.25, -0.2) is 12.8 Å². The fraction of sp³-hybridized carbons (Fsp3) is 0.571. The third-order valence-electron chi connectivity index (χ3n) is 3.63. The van der Waals surface area contributed by atoms with E-state index < -0.39 is 15.8 Å². The van der Waals surface area contributed by atoms with Gasteiger partial charge in [-0.3, -0.25) is 0 Å². The zero-order valence-corrected chi connectivity index (χ0v) is 12.7. The van der Waals surface area contributed by atoms with E-state index in [0.717, 1.165) is 25.5 Å². The number of halogens is 1. The van der Waals surface area contributed by atoms with Crippen LogP contribution in [0.25, 0.3) is 0 Å². The number of nitrogens with zero attached hydrogens (tertiary/aromatic N) is 1. The fourth-order valence-electron chi connectivity index (χ4n) is 2.70. The van der Waals surface area contributed by atoms with Gasteiger partial charge in [-0.1, -0.05) is 0 Å². The smallest absolute Gasteiger partial charge is 0.243 e. The van der Waals surface area contributed by atoms with E-state index in [0.29, 0.717) is 24.6 Å². The van der Waals surface area contributed by atoms with Crippen molar-refractivity contribution in [2.24, 2.45) is 5.92 Å². The molecule has 1 aromatic rings. The molecule has 4 nitrogen and oxygen atoms in total. The van der Waals surface area contributed by atoms with Crippen molar-refractivity contribution in [1.29, 1.82) is 0 Å². The average Bonchev–Trinajstić information content (AvgIpc) is 2.38. The van der Waals surface area contributed by atoms with Gasteiger partial charge in [0, 0.05) is 13.1 Å². The van der Waals surface area contributed by atoms with Crippen LogP contribution in [0.15, 0.2) is 23.1 Å². The van der Waals surface area contributed by atoms with E-state index in [2.05, 4.69) is 5.32 Å². The van der Waals surface area contributed by atoms with Gasteiger partial charge in [-0.15, -0.1) is 0 Å². The fourth-order valence-corrected chi connectivity index (χ4v) is 4.37. The summed E-state index contributed by atoms with van der Waals surface area (Å²) in [6, 6.07) is 3.96. The van der Waals surface area contributed by atoms with Gasteiger partial charge in [0.15, 0.2) is 0 Å². The molecule has 1 saturated heterocycles. The summed E-state index contributed by atoms with van der Waals surface area (Å²) in [5, 5.41) is 3.09. The Labute approximate surface area is 120 Å². The van der Waals surface area contributed by atoms with Gasteiger partial charge in [0.1, 0.15) is 5.82 Å². The summed E-state index contributed by atoms with van der Waals surface area (Å²) in [5.74, 6) is -0.189. The molecule has 1 aliphatic heterocycles. The number of nitrogens with one attached hydrogen (secondary N) is 1. The van der Waals surface area contributed by atoms with Gasteiger partial charge < -0.3 is 5.32 Å². The van der Waals surface area contributed by atoms with Crippen LogP contribution in [0.1, 0.15) is 18.4 Å². The molecular formula is C14H21FN2O2S. The Kier molecular flexibility index (Phi) is 4.78. The monoisotopic (exact) mass is 300 g/mol. The van der Waals surface area contributed by atoms with Crippen LogP contribution >= 0.6 is 0 Å². The topological polar surface area (TPSA) is 49.4 Å². The van der Waals surface area contributed by atoms with E-state index in [4.69, 9.17) is 0 Å². The quantitative estimate of drug-likeness (QED) is 0.922. The van der Waals surface area contributed by atoms with Gasteiger partial charge >= 0.3 is 0 Å². The lowest BCUT2D eigenvalue weighted by Gasteiger charge is -2.31. The lowest BCUT2D eigenvalue weighted by Crippen LogP contribution is -2.42. The number of hydrogen-bond donors (Lipinski definition) is 1. The first-order valence-electron chi connectivity index (χ1n) is 6.85. The molecule has 0 aromatic heterocycles. The highest BCUT2D eigenvalue weighted by Gasteiger charge is 2.30. The molecule has 2 rings (SSSR count). The zero-order valence-electron chi connectivity index (χ0n) is 11.9. The second kappa shape index (κ2) is 6.20. The van der Waals surface area contributed by atoms with Crippen LogP contribution < -0.4 is 5.32 Å². The number of aryl methyl sites for hydroxylation is 1. The Hall–Kier alpha value is -0.980. The lowest BCUT2D eigenvalue weighted by atomic mass is 10.00. The largest absolute Gasteiger partial charge is 0.319 e. The van der Waals surface area contributed by atoms with Crippen LogP contribution in [0.3, 0.4) is 0 Å². The molecule has 1 fully saturated rings. The molecule has 0 amide bonds. The van der Waals surface area contributed by atoms with E-state index in [-0.39, 0.29) is 4.90 Å². The van der Waals surface area contributed by atoms with Crippen molar-refractivity contribution in [1.82, 2.24) is 9.62 Å². The van der Waals surface area contributed by atoms with Gasteiger partial charge in [0.25, 0.3) is 0 Å². The minimum absolute atomic E-state index is 0.0557. The van der Waals surface area contributed by atoms with Crippen LogP contribution in [0, 0.1) is 18.7 Å². The van der Waals surface area contributed by atoms with Crippen molar-refractivity contribution in [2.45, 2.75) is 24.7 Å². The van der Waals surface area contributed by atoms with Crippen molar-refractivity contribution < 1.29 is 12.8 Å². The summed E-state index contributed by atoms with van der Waals surface area (Å²) >= 11 is 0. The predicted octanol–water partition coefficient (Wildman–Crippen LogP) is 1.75. The first-order chi connectivity index (χ1) is 9.43. The molecule has 0 radical (unpaired) electrons. The number of hydrogen-bond acceptors (Lipinski definition) is 3. The Bertz CT molecular complexity index is 552. The second-order valence-corrected chi connectivity index (χ2v) is 7.33. The summed E-state index contributed by atoms with van der Waals surface area (Å²) in [5.41, 5.74) is 0.618. The van der Waals surface area contributed by atoms with E-state index in [1.807, 2.05) is 7.05 Å². The third kappa shape index (κ3) is 3.37. The maximum absolute atomic E-state index is 13.4. The standard InChI is InChI=1S/C14H21FN2O2S/c1-11-6-13(15)8-14(7-11)20(18,19)17-5-3-4-12(10-17)9-16-2/h6-8,12,16H,3-5,9-10H2,1-2H3. The summed E-state index contributed by atoms with van der Waals surface area (Å²) in [6.07, 6.45) is 1.87.